The molecule has 0 atom stereocenters. The van der Waals surface area contributed by atoms with Gasteiger partial charge in [0.15, 0.2) is 5.65 Å². The minimum atomic E-state index is -4.47. The minimum Gasteiger partial charge on any atom is -0.322 e. The number of imidazole rings is 1. The average Bonchev–Trinajstić information content (AvgIpc) is 3.16. The molecule has 0 aliphatic carbocycles. The molecule has 1 aromatic carbocycles. The summed E-state index contributed by atoms with van der Waals surface area (Å²) in [4.78, 5) is 24.2. The largest absolute Gasteiger partial charge is 0.417 e. The predicted octanol–water partition coefficient (Wildman–Crippen LogP) is 4.09. The Morgan fingerprint density at radius 1 is 1.18 bits per heavy atom. The summed E-state index contributed by atoms with van der Waals surface area (Å²) in [6, 6.07) is 7.34. The summed E-state index contributed by atoms with van der Waals surface area (Å²) < 4.78 is 40.2. The Kier molecular flexibility index (Phi) is 4.07. The molecule has 0 aliphatic rings. The van der Waals surface area contributed by atoms with Gasteiger partial charge in [0, 0.05) is 24.3 Å². The van der Waals surface area contributed by atoms with Gasteiger partial charge < -0.3 is 5.32 Å². The van der Waals surface area contributed by atoms with E-state index in [0.29, 0.717) is 22.5 Å². The van der Waals surface area contributed by atoms with Gasteiger partial charge in [-0.3, -0.25) is 14.2 Å². The maximum Gasteiger partial charge on any atom is 0.417 e. The summed E-state index contributed by atoms with van der Waals surface area (Å²) >= 11 is 0. The maximum atomic E-state index is 12.8. The number of hydrogen-bond donors (Lipinski definition) is 1. The summed E-state index contributed by atoms with van der Waals surface area (Å²) in [5.74, 6) is -0.368. The van der Waals surface area contributed by atoms with Crippen molar-refractivity contribution in [1.29, 1.82) is 0 Å². The number of carbonyl (C=O) groups is 1. The Labute approximate surface area is 156 Å². The average molecular weight is 383 g/mol. The second-order valence-electron chi connectivity index (χ2n) is 5.91. The zero-order valence-corrected chi connectivity index (χ0v) is 14.2. The van der Waals surface area contributed by atoms with Crippen LogP contribution in [0.4, 0.5) is 18.9 Å². The Bertz CT molecular complexity index is 1210. The highest BCUT2D eigenvalue weighted by Crippen LogP contribution is 2.31. The molecular formula is C19H12F3N5O. The van der Waals surface area contributed by atoms with E-state index in [-0.39, 0.29) is 11.6 Å². The van der Waals surface area contributed by atoms with Crippen LogP contribution < -0.4 is 5.32 Å². The monoisotopic (exact) mass is 383 g/mol. The molecule has 3 heterocycles. The number of halogens is 3. The lowest BCUT2D eigenvalue weighted by atomic mass is 10.2. The Morgan fingerprint density at radius 3 is 2.68 bits per heavy atom. The molecule has 4 rings (SSSR count). The second-order valence-corrected chi connectivity index (χ2v) is 5.91. The summed E-state index contributed by atoms with van der Waals surface area (Å²) in [7, 11) is 0. The molecule has 0 saturated carbocycles. The van der Waals surface area contributed by atoms with Crippen molar-refractivity contribution in [2.24, 2.45) is 0 Å². The summed E-state index contributed by atoms with van der Waals surface area (Å²) in [6.45, 7) is 3.40. The number of benzene rings is 1. The molecule has 4 aromatic rings. The van der Waals surface area contributed by atoms with Crippen LogP contribution in [0.3, 0.4) is 0 Å². The van der Waals surface area contributed by atoms with Crippen molar-refractivity contribution in [3.63, 3.8) is 0 Å². The highest BCUT2D eigenvalue weighted by molar-refractivity contribution is 6.00. The van der Waals surface area contributed by atoms with Gasteiger partial charge in [-0.05, 0) is 36.4 Å². The number of carbonyl (C=O) groups excluding carboxylic acids is 1. The van der Waals surface area contributed by atoms with Crippen molar-refractivity contribution in [1.82, 2.24) is 19.4 Å². The van der Waals surface area contributed by atoms with Crippen molar-refractivity contribution in [2.75, 3.05) is 5.32 Å². The first-order chi connectivity index (χ1) is 13.4. The number of aromatic nitrogens is 4. The van der Waals surface area contributed by atoms with Crippen LogP contribution in [0.15, 0.2) is 61.6 Å². The van der Waals surface area contributed by atoms with E-state index in [1.807, 2.05) is 0 Å². The predicted molar refractivity (Wildman–Crippen MR) is 97.6 cm³/mol. The quantitative estimate of drug-likeness (QED) is 0.541. The van der Waals surface area contributed by atoms with E-state index in [2.05, 4.69) is 26.8 Å². The van der Waals surface area contributed by atoms with Crippen LogP contribution in [-0.4, -0.2) is 25.3 Å². The maximum absolute atomic E-state index is 12.8. The molecule has 6 nitrogen and oxygen atoms in total. The lowest BCUT2D eigenvalue weighted by molar-refractivity contribution is -0.137. The standard InChI is InChI=1S/C19H12F3N5O/c1-2-16(28)25-12-4-6-15-14(9-12)26-17(18-23-7-8-27(15)18)13-5-3-11(10-24-13)19(20,21)22/h2-10H,1H2,(H,25,28). The molecule has 3 aromatic heterocycles. The molecule has 0 radical (unpaired) electrons. The van der Waals surface area contributed by atoms with E-state index in [1.165, 1.54) is 6.07 Å². The summed E-state index contributed by atoms with van der Waals surface area (Å²) in [6.07, 6.45) is 0.727. The van der Waals surface area contributed by atoms with E-state index in [4.69, 9.17) is 0 Å². The molecule has 0 bridgehead atoms. The van der Waals surface area contributed by atoms with Crippen molar-refractivity contribution >= 4 is 28.3 Å². The highest BCUT2D eigenvalue weighted by Gasteiger charge is 2.30. The Balaban J connectivity index is 1.88. The number of hydrogen-bond acceptors (Lipinski definition) is 4. The number of amides is 1. The zero-order valence-electron chi connectivity index (χ0n) is 14.2. The molecule has 0 saturated heterocycles. The molecular weight excluding hydrogens is 371 g/mol. The van der Waals surface area contributed by atoms with Crippen molar-refractivity contribution in [3.05, 3.63) is 67.1 Å². The van der Waals surface area contributed by atoms with Gasteiger partial charge in [0.1, 0.15) is 5.69 Å². The van der Waals surface area contributed by atoms with Gasteiger partial charge in [-0.2, -0.15) is 13.2 Å². The number of alkyl halides is 3. The fourth-order valence-corrected chi connectivity index (χ4v) is 2.80. The third-order valence-corrected chi connectivity index (χ3v) is 4.11. The Morgan fingerprint density at radius 2 is 2.00 bits per heavy atom. The van der Waals surface area contributed by atoms with Crippen LogP contribution >= 0.6 is 0 Å². The topological polar surface area (TPSA) is 72.2 Å². The van der Waals surface area contributed by atoms with E-state index >= 15 is 0 Å². The van der Waals surface area contributed by atoms with Crippen molar-refractivity contribution in [2.45, 2.75) is 6.18 Å². The van der Waals surface area contributed by atoms with Crippen LogP contribution in [0.2, 0.25) is 0 Å². The van der Waals surface area contributed by atoms with Crippen LogP contribution in [0.25, 0.3) is 28.1 Å². The number of nitrogens with one attached hydrogen (secondary N) is 1. The van der Waals surface area contributed by atoms with E-state index < -0.39 is 11.7 Å². The van der Waals surface area contributed by atoms with E-state index in [1.54, 1.807) is 35.0 Å². The van der Waals surface area contributed by atoms with Crippen molar-refractivity contribution in [3.8, 4) is 11.4 Å². The first kappa shape index (κ1) is 17.7. The summed E-state index contributed by atoms with van der Waals surface area (Å²) in [5.41, 5.74) is 1.96. The highest BCUT2D eigenvalue weighted by atomic mass is 19.4. The molecule has 0 aliphatic heterocycles. The van der Waals surface area contributed by atoms with Gasteiger partial charge in [0.05, 0.1) is 22.3 Å². The molecule has 1 N–H and O–H groups in total. The molecule has 140 valence electrons. The van der Waals surface area contributed by atoms with Gasteiger partial charge in [-0.1, -0.05) is 6.58 Å². The molecule has 0 spiro atoms. The second kappa shape index (κ2) is 6.45. The normalized spacial score (nSPS) is 11.7. The SMILES string of the molecule is C=CC(=O)Nc1ccc2c(c1)nc(-c1ccc(C(F)(F)F)cn1)c1nccn12. The van der Waals surface area contributed by atoms with Gasteiger partial charge in [-0.15, -0.1) is 0 Å². The molecule has 28 heavy (non-hydrogen) atoms. The third kappa shape index (κ3) is 3.07. The number of fused-ring (bicyclic) bond motifs is 3. The lowest BCUT2D eigenvalue weighted by Crippen LogP contribution is -2.07. The van der Waals surface area contributed by atoms with Crippen molar-refractivity contribution < 1.29 is 18.0 Å². The number of rotatable bonds is 3. The Hall–Kier alpha value is -3.75. The van der Waals surface area contributed by atoms with Gasteiger partial charge in [0.2, 0.25) is 5.91 Å². The lowest BCUT2D eigenvalue weighted by Gasteiger charge is -2.10. The third-order valence-electron chi connectivity index (χ3n) is 4.11. The van der Waals surface area contributed by atoms with Gasteiger partial charge in [0.25, 0.3) is 0 Å². The van der Waals surface area contributed by atoms with Crippen LogP contribution in [0.5, 0.6) is 0 Å². The number of nitrogens with zero attached hydrogens (tertiary/aromatic N) is 4. The van der Waals surface area contributed by atoms with Crippen LogP contribution in [0, 0.1) is 0 Å². The van der Waals surface area contributed by atoms with Gasteiger partial charge >= 0.3 is 6.18 Å². The molecule has 1 amide bonds. The zero-order chi connectivity index (χ0) is 19.9. The minimum absolute atomic E-state index is 0.256. The molecule has 9 heteroatoms. The van der Waals surface area contributed by atoms with Crippen LogP contribution in [0.1, 0.15) is 5.56 Å². The van der Waals surface area contributed by atoms with Gasteiger partial charge in [-0.25, -0.2) is 9.97 Å². The van der Waals surface area contributed by atoms with E-state index in [0.717, 1.165) is 23.9 Å². The summed E-state index contributed by atoms with van der Waals surface area (Å²) in [5, 5.41) is 2.65. The fraction of sp³-hybridized carbons (Fsp3) is 0.0526. The number of anilines is 1. The fourth-order valence-electron chi connectivity index (χ4n) is 2.80. The first-order valence-corrected chi connectivity index (χ1v) is 8.10. The smallest absolute Gasteiger partial charge is 0.322 e. The molecule has 0 fully saturated rings. The first-order valence-electron chi connectivity index (χ1n) is 8.10. The molecule has 0 unspecified atom stereocenters. The number of pyridine rings is 1. The van der Waals surface area contributed by atoms with Crippen LogP contribution in [-0.2, 0) is 11.0 Å². The van der Waals surface area contributed by atoms with E-state index in [9.17, 15) is 18.0 Å².